The molecule has 0 saturated heterocycles. The van der Waals surface area contributed by atoms with Crippen LogP contribution in [0.25, 0.3) is 0 Å². The molecule has 0 aliphatic heterocycles. The maximum absolute atomic E-state index is 2.25. The van der Waals surface area contributed by atoms with Gasteiger partial charge >= 0.3 is 0 Å². The fourth-order valence-electron chi connectivity index (χ4n) is 1.63. The average molecular weight is 194 g/mol. The molecule has 0 saturated carbocycles. The molecule has 0 aliphatic carbocycles. The van der Waals surface area contributed by atoms with E-state index in [9.17, 15) is 0 Å². The van der Waals surface area contributed by atoms with Crippen LogP contribution in [0.3, 0.4) is 0 Å². The first kappa shape index (κ1) is 10.6. The third-order valence-electron chi connectivity index (χ3n) is 2.26. The van der Waals surface area contributed by atoms with Gasteiger partial charge < -0.3 is 0 Å². The summed E-state index contributed by atoms with van der Waals surface area (Å²) in [4.78, 5) is 1.48. The van der Waals surface area contributed by atoms with Crippen LogP contribution < -0.4 is 0 Å². The van der Waals surface area contributed by atoms with Gasteiger partial charge in [0.1, 0.15) is 0 Å². The van der Waals surface area contributed by atoms with Gasteiger partial charge in [0.2, 0.25) is 0 Å². The van der Waals surface area contributed by atoms with E-state index in [2.05, 4.69) is 39.0 Å². The highest BCUT2D eigenvalue weighted by molar-refractivity contribution is 7.99. The molecule has 0 unspecified atom stereocenters. The van der Waals surface area contributed by atoms with Crippen molar-refractivity contribution in [2.75, 3.05) is 5.75 Å². The average Bonchev–Trinajstić information content (AvgIpc) is 2.18. The third kappa shape index (κ3) is 2.50. The Morgan fingerprint density at radius 1 is 1.08 bits per heavy atom. The molecule has 0 aromatic heterocycles. The van der Waals surface area contributed by atoms with Gasteiger partial charge in [0.25, 0.3) is 0 Å². The molecule has 1 heteroatoms. The van der Waals surface area contributed by atoms with Crippen molar-refractivity contribution in [2.45, 2.75) is 38.5 Å². The summed E-state index contributed by atoms with van der Waals surface area (Å²) in [5.74, 6) is 1.17. The Morgan fingerprint density at radius 3 is 2.38 bits per heavy atom. The summed E-state index contributed by atoms with van der Waals surface area (Å²) < 4.78 is 0. The zero-order chi connectivity index (χ0) is 9.68. The van der Waals surface area contributed by atoms with Crippen molar-refractivity contribution < 1.29 is 0 Å². The molecular weight excluding hydrogens is 176 g/mol. The van der Waals surface area contributed by atoms with Crippen LogP contribution in [0.5, 0.6) is 0 Å². The Hall–Kier alpha value is -0.430. The predicted molar refractivity (Wildman–Crippen MR) is 61.6 cm³/mol. The van der Waals surface area contributed by atoms with Crippen LogP contribution in [0, 0.1) is 0 Å². The fraction of sp³-hybridized carbons (Fsp3) is 0.500. The molecule has 1 aromatic carbocycles. The van der Waals surface area contributed by atoms with Crippen molar-refractivity contribution >= 4 is 11.8 Å². The largest absolute Gasteiger partial charge is 0.126 e. The van der Waals surface area contributed by atoms with E-state index < -0.39 is 0 Å². The molecule has 0 fully saturated rings. The first-order chi connectivity index (χ1) is 6.33. The summed E-state index contributed by atoms with van der Waals surface area (Å²) >= 11 is 1.96. The minimum atomic E-state index is 1.15. The van der Waals surface area contributed by atoms with Gasteiger partial charge in [0, 0.05) is 4.90 Å². The number of hydrogen-bond donors (Lipinski definition) is 0. The van der Waals surface area contributed by atoms with Crippen LogP contribution >= 0.6 is 11.8 Å². The zero-order valence-electron chi connectivity index (χ0n) is 8.76. The monoisotopic (exact) mass is 194 g/mol. The van der Waals surface area contributed by atoms with E-state index in [-0.39, 0.29) is 0 Å². The Balaban J connectivity index is 3.03. The van der Waals surface area contributed by atoms with Crippen LogP contribution in [0.4, 0.5) is 0 Å². The van der Waals surface area contributed by atoms with E-state index in [1.165, 1.54) is 16.2 Å². The van der Waals surface area contributed by atoms with Crippen LogP contribution in [-0.4, -0.2) is 5.75 Å². The second kappa shape index (κ2) is 5.33. The quantitative estimate of drug-likeness (QED) is 0.655. The number of thioether (sulfide) groups is 1. The molecule has 0 spiro atoms. The topological polar surface area (TPSA) is 0 Å². The SMILES string of the molecule is CCSc1cccc(CC)c1CC. The Labute approximate surface area is 85.7 Å². The van der Waals surface area contributed by atoms with E-state index in [1.807, 2.05) is 11.8 Å². The minimum absolute atomic E-state index is 1.15. The van der Waals surface area contributed by atoms with Gasteiger partial charge in [0.15, 0.2) is 0 Å². The summed E-state index contributed by atoms with van der Waals surface area (Å²) in [5.41, 5.74) is 3.07. The van der Waals surface area contributed by atoms with Crippen molar-refractivity contribution in [2.24, 2.45) is 0 Å². The van der Waals surface area contributed by atoms with Gasteiger partial charge in [-0.2, -0.15) is 0 Å². The number of hydrogen-bond acceptors (Lipinski definition) is 1. The predicted octanol–water partition coefficient (Wildman–Crippen LogP) is 3.92. The Bertz CT molecular complexity index is 266. The second-order valence-electron chi connectivity index (χ2n) is 3.03. The lowest BCUT2D eigenvalue weighted by atomic mass is 10.0. The number of rotatable bonds is 4. The van der Waals surface area contributed by atoms with Gasteiger partial charge in [-0.1, -0.05) is 32.9 Å². The lowest BCUT2D eigenvalue weighted by Gasteiger charge is -2.10. The molecule has 1 rings (SSSR count). The molecule has 0 amide bonds. The maximum Gasteiger partial charge on any atom is 0.0106 e. The molecule has 0 bridgehead atoms. The second-order valence-corrected chi connectivity index (χ2v) is 4.34. The molecular formula is C12H18S. The van der Waals surface area contributed by atoms with E-state index in [1.54, 1.807) is 5.56 Å². The van der Waals surface area contributed by atoms with Gasteiger partial charge in [-0.05, 0) is 35.8 Å². The van der Waals surface area contributed by atoms with Crippen molar-refractivity contribution in [1.29, 1.82) is 0 Å². The van der Waals surface area contributed by atoms with Crippen molar-refractivity contribution in [1.82, 2.24) is 0 Å². The van der Waals surface area contributed by atoms with Crippen molar-refractivity contribution in [3.63, 3.8) is 0 Å². The highest BCUT2D eigenvalue weighted by atomic mass is 32.2. The summed E-state index contributed by atoms with van der Waals surface area (Å²) in [6.45, 7) is 6.69. The first-order valence-corrected chi connectivity index (χ1v) is 6.05. The summed E-state index contributed by atoms with van der Waals surface area (Å²) in [5, 5.41) is 0. The Morgan fingerprint density at radius 2 is 1.85 bits per heavy atom. The highest BCUT2D eigenvalue weighted by Crippen LogP contribution is 2.26. The Kier molecular flexibility index (Phi) is 4.37. The fourth-order valence-corrected chi connectivity index (χ4v) is 2.57. The normalized spacial score (nSPS) is 10.4. The molecule has 0 nitrogen and oxygen atoms in total. The van der Waals surface area contributed by atoms with Gasteiger partial charge in [-0.25, -0.2) is 0 Å². The van der Waals surface area contributed by atoms with Crippen molar-refractivity contribution in [3.05, 3.63) is 29.3 Å². The highest BCUT2D eigenvalue weighted by Gasteiger charge is 2.04. The molecule has 0 aliphatic rings. The number of benzene rings is 1. The smallest absolute Gasteiger partial charge is 0.0106 e. The minimum Gasteiger partial charge on any atom is -0.126 e. The third-order valence-corrected chi connectivity index (χ3v) is 3.25. The van der Waals surface area contributed by atoms with E-state index in [0.717, 1.165) is 12.8 Å². The van der Waals surface area contributed by atoms with E-state index in [0.29, 0.717) is 0 Å². The number of aryl methyl sites for hydroxylation is 1. The van der Waals surface area contributed by atoms with Crippen LogP contribution in [0.1, 0.15) is 31.9 Å². The molecule has 0 heterocycles. The van der Waals surface area contributed by atoms with E-state index >= 15 is 0 Å². The van der Waals surface area contributed by atoms with Crippen molar-refractivity contribution in [3.8, 4) is 0 Å². The summed E-state index contributed by atoms with van der Waals surface area (Å²) in [6, 6.07) is 6.67. The summed E-state index contributed by atoms with van der Waals surface area (Å²) in [7, 11) is 0. The zero-order valence-corrected chi connectivity index (χ0v) is 9.58. The van der Waals surface area contributed by atoms with Crippen LogP contribution in [0.15, 0.2) is 23.1 Å². The maximum atomic E-state index is 2.25. The van der Waals surface area contributed by atoms with Gasteiger partial charge in [-0.3, -0.25) is 0 Å². The lowest BCUT2D eigenvalue weighted by molar-refractivity contribution is 0.997. The molecule has 0 atom stereocenters. The summed E-state index contributed by atoms with van der Waals surface area (Å²) in [6.07, 6.45) is 2.31. The van der Waals surface area contributed by atoms with Crippen LogP contribution in [-0.2, 0) is 12.8 Å². The lowest BCUT2D eigenvalue weighted by Crippen LogP contribution is -1.93. The molecule has 13 heavy (non-hydrogen) atoms. The van der Waals surface area contributed by atoms with Crippen LogP contribution in [0.2, 0.25) is 0 Å². The molecule has 0 N–H and O–H groups in total. The standard InChI is InChI=1S/C12H18S/c1-4-10-8-7-9-12(13-6-3)11(10)5-2/h7-9H,4-6H2,1-3H3. The molecule has 1 aromatic rings. The van der Waals surface area contributed by atoms with Gasteiger partial charge in [0.05, 0.1) is 0 Å². The first-order valence-electron chi connectivity index (χ1n) is 5.07. The molecule has 0 radical (unpaired) electrons. The van der Waals surface area contributed by atoms with E-state index in [4.69, 9.17) is 0 Å². The molecule has 72 valence electrons. The van der Waals surface area contributed by atoms with Gasteiger partial charge in [-0.15, -0.1) is 11.8 Å².